The minimum absolute atomic E-state index is 0.0627. The molecule has 0 bridgehead atoms. The van der Waals surface area contributed by atoms with Crippen LogP contribution in [0, 0.1) is 0 Å². The maximum atomic E-state index is 12.5. The Bertz CT molecular complexity index is 1010. The highest BCUT2D eigenvalue weighted by atomic mass is 35.5. The third-order valence-electron chi connectivity index (χ3n) is 3.60. The van der Waals surface area contributed by atoms with E-state index in [0.717, 1.165) is 16.3 Å². The summed E-state index contributed by atoms with van der Waals surface area (Å²) in [5.74, 6) is -0.171. The summed E-state index contributed by atoms with van der Waals surface area (Å²) in [5.41, 5.74) is -0.767. The molecule has 2 aromatic heterocycles. The molecule has 1 amide bonds. The van der Waals surface area contributed by atoms with E-state index in [0.29, 0.717) is 10.8 Å². The number of aromatic nitrogens is 2. The molecule has 0 spiro atoms. The molecule has 25 heavy (non-hydrogen) atoms. The molecule has 0 unspecified atom stereocenters. The van der Waals surface area contributed by atoms with Crippen LogP contribution in [0.4, 0.5) is 0 Å². The van der Waals surface area contributed by atoms with Crippen molar-refractivity contribution in [3.63, 3.8) is 0 Å². The minimum Gasteiger partial charge on any atom is -0.467 e. The monoisotopic (exact) mass is 359 g/mol. The van der Waals surface area contributed by atoms with Gasteiger partial charge in [0.15, 0.2) is 0 Å². The van der Waals surface area contributed by atoms with Gasteiger partial charge in [-0.05, 0) is 23.8 Å². The van der Waals surface area contributed by atoms with Gasteiger partial charge in [0.1, 0.15) is 11.3 Å². The van der Waals surface area contributed by atoms with Gasteiger partial charge in [0.25, 0.3) is 11.5 Å². The summed E-state index contributed by atoms with van der Waals surface area (Å²) in [6.45, 7) is 0.0993. The number of carbonyl (C=O) groups excluding carboxylic acids is 1. The first-order valence-electron chi connectivity index (χ1n) is 7.43. The number of nitrogens with one attached hydrogen (secondary N) is 2. The van der Waals surface area contributed by atoms with Gasteiger partial charge in [0, 0.05) is 17.8 Å². The van der Waals surface area contributed by atoms with Crippen LogP contribution in [0.2, 0.25) is 5.02 Å². The Balaban J connectivity index is 1.82. The molecule has 2 heterocycles. The number of furan rings is 1. The van der Waals surface area contributed by atoms with Crippen LogP contribution >= 0.6 is 11.6 Å². The molecule has 0 aliphatic heterocycles. The van der Waals surface area contributed by atoms with Crippen molar-refractivity contribution in [3.05, 3.63) is 91.6 Å². The number of halogens is 1. The molecule has 7 nitrogen and oxygen atoms in total. The molecular formula is C17H14ClN3O4. The first kappa shape index (κ1) is 16.8. The van der Waals surface area contributed by atoms with E-state index in [1.54, 1.807) is 36.4 Å². The van der Waals surface area contributed by atoms with E-state index in [1.807, 2.05) is 0 Å². The Hall–Kier alpha value is -3.06. The van der Waals surface area contributed by atoms with Crippen LogP contribution in [-0.2, 0) is 13.1 Å². The zero-order chi connectivity index (χ0) is 17.8. The molecule has 0 aliphatic carbocycles. The Morgan fingerprint density at radius 2 is 2.00 bits per heavy atom. The third kappa shape index (κ3) is 3.72. The quantitative estimate of drug-likeness (QED) is 0.725. The van der Waals surface area contributed by atoms with Gasteiger partial charge in [0.05, 0.1) is 12.8 Å². The first-order valence-corrected chi connectivity index (χ1v) is 7.80. The largest absolute Gasteiger partial charge is 0.467 e. The smallest absolute Gasteiger partial charge is 0.328 e. The molecule has 0 saturated carbocycles. The molecular weight excluding hydrogens is 346 g/mol. The molecule has 2 N–H and O–H groups in total. The van der Waals surface area contributed by atoms with Crippen molar-refractivity contribution < 1.29 is 9.21 Å². The number of benzene rings is 1. The van der Waals surface area contributed by atoms with Crippen molar-refractivity contribution in [3.8, 4) is 0 Å². The molecule has 0 saturated heterocycles. The Morgan fingerprint density at radius 1 is 1.20 bits per heavy atom. The molecule has 0 atom stereocenters. The van der Waals surface area contributed by atoms with Crippen molar-refractivity contribution in [2.24, 2.45) is 0 Å². The number of nitrogens with zero attached hydrogens (tertiary/aromatic N) is 1. The van der Waals surface area contributed by atoms with Crippen LogP contribution in [0.25, 0.3) is 0 Å². The summed E-state index contributed by atoms with van der Waals surface area (Å²) in [7, 11) is 0. The predicted octanol–water partition coefficient (Wildman–Crippen LogP) is 1.76. The normalized spacial score (nSPS) is 10.6. The van der Waals surface area contributed by atoms with E-state index in [1.165, 1.54) is 6.26 Å². The molecule has 3 aromatic rings. The van der Waals surface area contributed by atoms with Crippen LogP contribution in [0.3, 0.4) is 0 Å². The average molecular weight is 360 g/mol. The van der Waals surface area contributed by atoms with Crippen molar-refractivity contribution in [1.29, 1.82) is 0 Å². The van der Waals surface area contributed by atoms with E-state index < -0.39 is 17.2 Å². The van der Waals surface area contributed by atoms with E-state index in [9.17, 15) is 14.4 Å². The molecule has 0 aliphatic rings. The molecule has 128 valence electrons. The zero-order valence-corrected chi connectivity index (χ0v) is 13.7. The first-order chi connectivity index (χ1) is 12.1. The Morgan fingerprint density at radius 3 is 2.72 bits per heavy atom. The topological polar surface area (TPSA) is 97.1 Å². The summed E-state index contributed by atoms with van der Waals surface area (Å²) in [5, 5.41) is 3.13. The lowest BCUT2D eigenvalue weighted by atomic mass is 10.2. The fraction of sp³-hybridized carbons (Fsp3) is 0.118. The Kier molecular flexibility index (Phi) is 4.85. The van der Waals surface area contributed by atoms with E-state index in [2.05, 4.69) is 10.3 Å². The van der Waals surface area contributed by atoms with Crippen LogP contribution in [-0.4, -0.2) is 15.5 Å². The lowest BCUT2D eigenvalue weighted by molar-refractivity contribution is 0.0948. The number of hydrogen-bond donors (Lipinski definition) is 2. The third-order valence-corrected chi connectivity index (χ3v) is 3.97. The van der Waals surface area contributed by atoms with Crippen molar-refractivity contribution >= 4 is 17.5 Å². The van der Waals surface area contributed by atoms with Gasteiger partial charge in [0.2, 0.25) is 0 Å². The highest BCUT2D eigenvalue weighted by Gasteiger charge is 2.15. The number of aromatic amines is 1. The number of rotatable bonds is 5. The second-order valence-electron chi connectivity index (χ2n) is 5.25. The predicted molar refractivity (Wildman–Crippen MR) is 91.8 cm³/mol. The molecule has 0 radical (unpaired) electrons. The molecule has 3 rings (SSSR count). The number of amides is 1. The second-order valence-corrected chi connectivity index (χ2v) is 5.66. The summed E-state index contributed by atoms with van der Waals surface area (Å²) < 4.78 is 6.04. The van der Waals surface area contributed by atoms with Crippen LogP contribution in [0.5, 0.6) is 0 Å². The fourth-order valence-electron chi connectivity index (χ4n) is 2.29. The number of hydrogen-bond acceptors (Lipinski definition) is 4. The van der Waals surface area contributed by atoms with Crippen molar-refractivity contribution in [2.45, 2.75) is 13.1 Å². The minimum atomic E-state index is -0.697. The van der Waals surface area contributed by atoms with Crippen LogP contribution in [0.1, 0.15) is 21.7 Å². The zero-order valence-electron chi connectivity index (χ0n) is 13.0. The van der Waals surface area contributed by atoms with Gasteiger partial charge >= 0.3 is 5.69 Å². The lowest BCUT2D eigenvalue weighted by Gasteiger charge is -2.08. The summed E-state index contributed by atoms with van der Waals surface area (Å²) >= 11 is 6.04. The van der Waals surface area contributed by atoms with Gasteiger partial charge in [-0.25, -0.2) is 4.79 Å². The van der Waals surface area contributed by atoms with Gasteiger partial charge in [-0.2, -0.15) is 0 Å². The molecule has 0 fully saturated rings. The number of H-pyrrole nitrogens is 1. The summed E-state index contributed by atoms with van der Waals surface area (Å²) in [6, 6.07) is 10.3. The summed E-state index contributed by atoms with van der Waals surface area (Å²) in [6.07, 6.45) is 2.54. The maximum Gasteiger partial charge on any atom is 0.328 e. The molecule has 1 aromatic carbocycles. The SMILES string of the molecule is O=C(NCc1ccccc1Cl)c1c[nH]c(=O)n(Cc2ccco2)c1=O. The van der Waals surface area contributed by atoms with Crippen LogP contribution in [0.15, 0.2) is 62.9 Å². The maximum absolute atomic E-state index is 12.5. The van der Waals surface area contributed by atoms with E-state index >= 15 is 0 Å². The van der Waals surface area contributed by atoms with Gasteiger partial charge in [-0.15, -0.1) is 0 Å². The lowest BCUT2D eigenvalue weighted by Crippen LogP contribution is -2.40. The highest BCUT2D eigenvalue weighted by molar-refractivity contribution is 6.31. The van der Waals surface area contributed by atoms with Crippen molar-refractivity contribution in [2.75, 3.05) is 0 Å². The van der Waals surface area contributed by atoms with E-state index in [-0.39, 0.29) is 18.7 Å². The second kappa shape index (κ2) is 7.23. The van der Waals surface area contributed by atoms with E-state index in [4.69, 9.17) is 16.0 Å². The Labute approximate surface area is 146 Å². The van der Waals surface area contributed by atoms with Gasteiger partial charge in [-0.3, -0.25) is 14.2 Å². The standard InChI is InChI=1S/C17H14ClN3O4/c18-14-6-2-1-4-11(14)8-19-15(22)13-9-20-17(24)21(16(13)23)10-12-5-3-7-25-12/h1-7,9H,8,10H2,(H,19,22)(H,20,24). The van der Waals surface area contributed by atoms with Crippen LogP contribution < -0.4 is 16.6 Å². The van der Waals surface area contributed by atoms with Gasteiger partial charge < -0.3 is 14.7 Å². The fourth-order valence-corrected chi connectivity index (χ4v) is 2.49. The summed E-state index contributed by atoms with van der Waals surface area (Å²) in [4.78, 5) is 39.0. The van der Waals surface area contributed by atoms with Gasteiger partial charge in [-0.1, -0.05) is 29.8 Å². The highest BCUT2D eigenvalue weighted by Crippen LogP contribution is 2.14. The number of carbonyl (C=O) groups is 1. The average Bonchev–Trinajstić information content (AvgIpc) is 3.11. The molecule has 8 heteroatoms. The van der Waals surface area contributed by atoms with Crippen molar-refractivity contribution in [1.82, 2.24) is 14.9 Å².